The SMILES string of the molecule is Cc1cc(-c2cnc(NCc3c(F)ccc4occc34)n3cc(CN)nc23)n(C)n1. The third-order valence-electron chi connectivity index (χ3n) is 5.14. The number of halogens is 1. The zero-order valence-electron chi connectivity index (χ0n) is 16.6. The summed E-state index contributed by atoms with van der Waals surface area (Å²) in [6.07, 6.45) is 5.14. The molecule has 1 aromatic carbocycles. The van der Waals surface area contributed by atoms with Crippen LogP contribution < -0.4 is 11.1 Å². The van der Waals surface area contributed by atoms with Gasteiger partial charge in [-0.2, -0.15) is 5.10 Å². The van der Waals surface area contributed by atoms with Crippen LogP contribution in [0.5, 0.6) is 0 Å². The summed E-state index contributed by atoms with van der Waals surface area (Å²) in [6.45, 7) is 2.48. The van der Waals surface area contributed by atoms with E-state index >= 15 is 0 Å². The van der Waals surface area contributed by atoms with Crippen LogP contribution >= 0.6 is 0 Å². The number of hydrogen-bond acceptors (Lipinski definition) is 6. The molecule has 152 valence electrons. The number of furan rings is 1. The first-order valence-corrected chi connectivity index (χ1v) is 9.51. The smallest absolute Gasteiger partial charge is 0.208 e. The first-order valence-electron chi connectivity index (χ1n) is 9.51. The van der Waals surface area contributed by atoms with Crippen LogP contribution in [0.25, 0.3) is 27.9 Å². The van der Waals surface area contributed by atoms with E-state index in [2.05, 4.69) is 20.4 Å². The third kappa shape index (κ3) is 2.91. The van der Waals surface area contributed by atoms with Crippen LogP contribution in [-0.4, -0.2) is 24.1 Å². The molecule has 0 saturated carbocycles. The molecule has 0 fully saturated rings. The number of aromatic nitrogens is 5. The van der Waals surface area contributed by atoms with Crippen molar-refractivity contribution in [1.29, 1.82) is 0 Å². The zero-order chi connectivity index (χ0) is 20.8. The fourth-order valence-corrected chi connectivity index (χ4v) is 3.72. The first kappa shape index (κ1) is 18.3. The van der Waals surface area contributed by atoms with Crippen molar-refractivity contribution >= 4 is 22.6 Å². The Bertz CT molecular complexity index is 1380. The van der Waals surface area contributed by atoms with E-state index in [1.54, 1.807) is 29.3 Å². The fourth-order valence-electron chi connectivity index (χ4n) is 3.72. The molecule has 0 spiro atoms. The number of hydrogen-bond donors (Lipinski definition) is 2. The van der Waals surface area contributed by atoms with Gasteiger partial charge >= 0.3 is 0 Å². The van der Waals surface area contributed by atoms with Crippen LogP contribution in [0.15, 0.2) is 47.3 Å². The normalized spacial score (nSPS) is 11.6. The van der Waals surface area contributed by atoms with Crippen LogP contribution in [0.1, 0.15) is 17.0 Å². The molecule has 0 atom stereocenters. The minimum atomic E-state index is -0.303. The lowest BCUT2D eigenvalue weighted by molar-refractivity contribution is 0.603. The summed E-state index contributed by atoms with van der Waals surface area (Å²) >= 11 is 0. The average molecular weight is 405 g/mol. The monoisotopic (exact) mass is 405 g/mol. The molecule has 0 aliphatic carbocycles. The summed E-state index contributed by atoms with van der Waals surface area (Å²) in [6, 6.07) is 6.77. The summed E-state index contributed by atoms with van der Waals surface area (Å²) < 4.78 is 23.5. The van der Waals surface area contributed by atoms with Crippen molar-refractivity contribution in [2.24, 2.45) is 12.8 Å². The maximum atomic E-state index is 14.5. The molecule has 0 aliphatic rings. The van der Waals surface area contributed by atoms with E-state index in [4.69, 9.17) is 10.2 Å². The van der Waals surface area contributed by atoms with Gasteiger partial charge in [0.25, 0.3) is 0 Å². The molecule has 0 amide bonds. The summed E-state index contributed by atoms with van der Waals surface area (Å²) in [5.74, 6) is 0.239. The standard InChI is InChI=1S/C21H20FN7O/c1-12-7-18(28(2)27-12)16-10-25-21(29-11-13(8-23)26-20(16)29)24-9-15-14-5-6-30-19(14)4-3-17(15)22/h3-7,10-11H,8-9,23H2,1-2H3,(H,24,25). The lowest BCUT2D eigenvalue weighted by Crippen LogP contribution is -2.08. The van der Waals surface area contributed by atoms with Gasteiger partial charge < -0.3 is 15.5 Å². The van der Waals surface area contributed by atoms with Gasteiger partial charge in [-0.1, -0.05) is 0 Å². The van der Waals surface area contributed by atoms with Gasteiger partial charge in [-0.05, 0) is 31.2 Å². The summed E-state index contributed by atoms with van der Waals surface area (Å²) in [5.41, 5.74) is 11.1. The van der Waals surface area contributed by atoms with Gasteiger partial charge in [0.15, 0.2) is 5.65 Å². The molecule has 4 aromatic heterocycles. The largest absolute Gasteiger partial charge is 0.464 e. The molecule has 3 N–H and O–H groups in total. The molecule has 0 radical (unpaired) electrons. The van der Waals surface area contributed by atoms with Crippen LogP contribution in [-0.2, 0) is 20.1 Å². The summed E-state index contributed by atoms with van der Waals surface area (Å²) in [7, 11) is 1.88. The quantitative estimate of drug-likeness (QED) is 0.465. The zero-order valence-corrected chi connectivity index (χ0v) is 16.6. The van der Waals surface area contributed by atoms with Crippen LogP contribution in [0.4, 0.5) is 10.3 Å². The van der Waals surface area contributed by atoms with E-state index in [1.165, 1.54) is 6.07 Å². The highest BCUT2D eigenvalue weighted by molar-refractivity contribution is 5.81. The fraction of sp³-hybridized carbons (Fsp3) is 0.190. The number of benzene rings is 1. The van der Waals surface area contributed by atoms with Crippen molar-refractivity contribution in [3.05, 3.63) is 65.7 Å². The molecule has 0 saturated heterocycles. The highest BCUT2D eigenvalue weighted by Gasteiger charge is 2.17. The number of anilines is 1. The van der Waals surface area contributed by atoms with Crippen molar-refractivity contribution in [2.75, 3.05) is 5.32 Å². The molecule has 4 heterocycles. The highest BCUT2D eigenvalue weighted by atomic mass is 19.1. The van der Waals surface area contributed by atoms with Gasteiger partial charge in [0.1, 0.15) is 11.4 Å². The molecule has 9 heteroatoms. The minimum absolute atomic E-state index is 0.241. The molecule has 0 aliphatic heterocycles. The van der Waals surface area contributed by atoms with E-state index in [1.807, 2.05) is 30.6 Å². The van der Waals surface area contributed by atoms with Crippen molar-refractivity contribution in [3.63, 3.8) is 0 Å². The first-order chi connectivity index (χ1) is 14.5. The maximum Gasteiger partial charge on any atom is 0.208 e. The van der Waals surface area contributed by atoms with Gasteiger partial charge in [-0.15, -0.1) is 0 Å². The van der Waals surface area contributed by atoms with Gasteiger partial charge in [0.2, 0.25) is 5.95 Å². The Morgan fingerprint density at radius 1 is 1.27 bits per heavy atom. The van der Waals surface area contributed by atoms with E-state index in [0.29, 0.717) is 29.3 Å². The van der Waals surface area contributed by atoms with Gasteiger partial charge in [-0.3, -0.25) is 9.08 Å². The second-order valence-corrected chi connectivity index (χ2v) is 7.13. The second kappa shape index (κ2) is 6.96. The molecule has 8 nitrogen and oxygen atoms in total. The predicted octanol–water partition coefficient (Wildman–Crippen LogP) is 3.39. The third-order valence-corrected chi connectivity index (χ3v) is 5.14. The number of aryl methyl sites for hydroxylation is 2. The minimum Gasteiger partial charge on any atom is -0.464 e. The van der Waals surface area contributed by atoms with Crippen molar-refractivity contribution in [1.82, 2.24) is 24.1 Å². The number of rotatable bonds is 5. The molecule has 0 unspecified atom stereocenters. The number of nitrogens with one attached hydrogen (secondary N) is 1. The highest BCUT2D eigenvalue weighted by Crippen LogP contribution is 2.27. The number of fused-ring (bicyclic) bond motifs is 2. The Kier molecular flexibility index (Phi) is 4.25. The van der Waals surface area contributed by atoms with Crippen LogP contribution in [0.2, 0.25) is 0 Å². The average Bonchev–Trinajstić information content (AvgIpc) is 3.45. The molecule has 30 heavy (non-hydrogen) atoms. The number of imidazole rings is 1. The Hall–Kier alpha value is -3.72. The Balaban J connectivity index is 1.57. The summed E-state index contributed by atoms with van der Waals surface area (Å²) in [5, 5.41) is 8.37. The molecular formula is C21H20FN7O. The Labute approximate surface area is 171 Å². The van der Waals surface area contributed by atoms with Crippen molar-refractivity contribution < 1.29 is 8.81 Å². The number of nitrogens with two attached hydrogens (primary N) is 1. The molecule has 0 bridgehead atoms. The molecule has 5 rings (SSSR count). The van der Waals surface area contributed by atoms with E-state index in [-0.39, 0.29) is 12.4 Å². The van der Waals surface area contributed by atoms with Crippen LogP contribution in [0.3, 0.4) is 0 Å². The van der Waals surface area contributed by atoms with E-state index in [9.17, 15) is 4.39 Å². The molecule has 5 aromatic rings. The molecular weight excluding hydrogens is 385 g/mol. The Morgan fingerprint density at radius 2 is 2.13 bits per heavy atom. The van der Waals surface area contributed by atoms with E-state index in [0.717, 1.165) is 28.0 Å². The van der Waals surface area contributed by atoms with Crippen molar-refractivity contribution in [3.8, 4) is 11.3 Å². The van der Waals surface area contributed by atoms with Gasteiger partial charge in [0, 0.05) is 43.5 Å². The van der Waals surface area contributed by atoms with E-state index < -0.39 is 0 Å². The lowest BCUT2D eigenvalue weighted by Gasteiger charge is -2.11. The maximum absolute atomic E-state index is 14.5. The lowest BCUT2D eigenvalue weighted by atomic mass is 10.1. The number of nitrogens with zero attached hydrogens (tertiary/aromatic N) is 5. The predicted molar refractivity (Wildman–Crippen MR) is 111 cm³/mol. The van der Waals surface area contributed by atoms with Crippen LogP contribution in [0, 0.1) is 12.7 Å². The summed E-state index contributed by atoms with van der Waals surface area (Å²) in [4.78, 5) is 9.24. The van der Waals surface area contributed by atoms with Gasteiger partial charge in [0.05, 0.1) is 28.9 Å². The van der Waals surface area contributed by atoms with Crippen molar-refractivity contribution in [2.45, 2.75) is 20.0 Å². The van der Waals surface area contributed by atoms with Gasteiger partial charge in [-0.25, -0.2) is 14.4 Å². The Morgan fingerprint density at radius 3 is 2.90 bits per heavy atom. The second-order valence-electron chi connectivity index (χ2n) is 7.13. The topological polar surface area (TPSA) is 99.2 Å².